The molecule has 0 spiro atoms. The molecule has 2 aromatic rings. The van der Waals surface area contributed by atoms with E-state index in [9.17, 15) is 5.11 Å². The van der Waals surface area contributed by atoms with Crippen molar-refractivity contribution < 1.29 is 5.11 Å². The molecule has 3 N–H and O–H groups in total. The van der Waals surface area contributed by atoms with E-state index in [1.54, 1.807) is 6.20 Å². The summed E-state index contributed by atoms with van der Waals surface area (Å²) in [5.41, 5.74) is 10.2. The molecular formula is C16H19N3O. The van der Waals surface area contributed by atoms with Gasteiger partial charge in [-0.1, -0.05) is 18.2 Å². The first kappa shape index (κ1) is 12.9. The Morgan fingerprint density at radius 2 is 2.25 bits per heavy atom. The van der Waals surface area contributed by atoms with Gasteiger partial charge in [0, 0.05) is 31.9 Å². The zero-order valence-corrected chi connectivity index (χ0v) is 11.6. The van der Waals surface area contributed by atoms with E-state index in [1.807, 2.05) is 18.2 Å². The third-order valence-electron chi connectivity index (χ3n) is 3.96. The summed E-state index contributed by atoms with van der Waals surface area (Å²) in [5.74, 6) is 0.493. The van der Waals surface area contributed by atoms with Gasteiger partial charge in [0.05, 0.1) is 6.10 Å². The fourth-order valence-corrected chi connectivity index (χ4v) is 2.74. The van der Waals surface area contributed by atoms with Crippen LogP contribution in [-0.4, -0.2) is 23.7 Å². The molecule has 1 aromatic carbocycles. The summed E-state index contributed by atoms with van der Waals surface area (Å²) in [4.78, 5) is 6.29. The lowest BCUT2D eigenvalue weighted by atomic mass is 9.99. The van der Waals surface area contributed by atoms with Crippen LogP contribution in [0.4, 0.5) is 11.5 Å². The highest BCUT2D eigenvalue weighted by atomic mass is 16.3. The largest absolute Gasteiger partial charge is 0.388 e. The molecule has 2 heterocycles. The van der Waals surface area contributed by atoms with Crippen LogP contribution in [0.2, 0.25) is 0 Å². The molecule has 0 saturated heterocycles. The van der Waals surface area contributed by atoms with Gasteiger partial charge in [-0.25, -0.2) is 4.98 Å². The fourth-order valence-electron chi connectivity index (χ4n) is 2.74. The zero-order chi connectivity index (χ0) is 14.1. The second-order valence-corrected chi connectivity index (χ2v) is 5.33. The number of nitrogens with two attached hydrogens (primary N) is 1. The third kappa shape index (κ3) is 2.34. The predicted octanol–water partition coefficient (Wildman–Crippen LogP) is 1.93. The first-order valence-electron chi connectivity index (χ1n) is 6.86. The van der Waals surface area contributed by atoms with Gasteiger partial charge in [-0.3, -0.25) is 0 Å². The number of fused-ring (bicyclic) bond motifs is 1. The molecule has 0 radical (unpaired) electrons. The number of aliphatic hydroxyl groups is 1. The normalized spacial score (nSPS) is 15.2. The Hall–Kier alpha value is -2.07. The van der Waals surface area contributed by atoms with Gasteiger partial charge in [-0.05, 0) is 35.2 Å². The van der Waals surface area contributed by atoms with Crippen molar-refractivity contribution in [1.29, 1.82) is 0 Å². The van der Waals surface area contributed by atoms with Crippen molar-refractivity contribution in [2.45, 2.75) is 18.9 Å². The van der Waals surface area contributed by atoms with E-state index in [1.165, 1.54) is 11.3 Å². The molecule has 4 nitrogen and oxygen atoms in total. The average molecular weight is 269 g/mol. The highest BCUT2D eigenvalue weighted by Gasteiger charge is 2.18. The van der Waals surface area contributed by atoms with Crippen LogP contribution >= 0.6 is 0 Å². The number of rotatable bonds is 3. The van der Waals surface area contributed by atoms with Crippen molar-refractivity contribution in [3.63, 3.8) is 0 Å². The Labute approximate surface area is 118 Å². The first-order chi connectivity index (χ1) is 9.65. The van der Waals surface area contributed by atoms with Crippen LogP contribution in [0.5, 0.6) is 0 Å². The highest BCUT2D eigenvalue weighted by Crippen LogP contribution is 2.30. The van der Waals surface area contributed by atoms with Crippen molar-refractivity contribution in [3.05, 3.63) is 53.2 Å². The monoisotopic (exact) mass is 269 g/mol. The lowest BCUT2D eigenvalue weighted by molar-refractivity contribution is 0.178. The minimum Gasteiger partial charge on any atom is -0.388 e. The lowest BCUT2D eigenvalue weighted by Crippen LogP contribution is -2.12. The maximum atomic E-state index is 10.4. The minimum atomic E-state index is -0.544. The summed E-state index contributed by atoms with van der Waals surface area (Å²) in [6.07, 6.45) is 2.66. The predicted molar refractivity (Wildman–Crippen MR) is 80.7 cm³/mol. The number of likely N-dealkylation sites (N-methyl/N-ethyl adjacent to an activating group) is 1. The first-order valence-corrected chi connectivity index (χ1v) is 6.86. The van der Waals surface area contributed by atoms with E-state index in [0.717, 1.165) is 24.1 Å². The van der Waals surface area contributed by atoms with Crippen molar-refractivity contribution in [1.82, 2.24) is 4.98 Å². The average Bonchev–Trinajstić information content (AvgIpc) is 2.82. The fraction of sp³-hybridized carbons (Fsp3) is 0.312. The van der Waals surface area contributed by atoms with Crippen LogP contribution in [0.3, 0.4) is 0 Å². The Balaban J connectivity index is 1.81. The zero-order valence-electron chi connectivity index (χ0n) is 11.6. The van der Waals surface area contributed by atoms with Gasteiger partial charge in [-0.15, -0.1) is 0 Å². The Morgan fingerprint density at radius 3 is 3.05 bits per heavy atom. The third-order valence-corrected chi connectivity index (χ3v) is 3.96. The second kappa shape index (κ2) is 5.13. The minimum absolute atomic E-state index is 0.493. The van der Waals surface area contributed by atoms with Gasteiger partial charge >= 0.3 is 0 Å². The molecule has 104 valence electrons. The van der Waals surface area contributed by atoms with Crippen molar-refractivity contribution in [2.24, 2.45) is 0 Å². The molecule has 20 heavy (non-hydrogen) atoms. The molecule has 0 amide bonds. The number of aromatic nitrogens is 1. The number of benzene rings is 1. The van der Waals surface area contributed by atoms with E-state index in [0.29, 0.717) is 12.2 Å². The Morgan fingerprint density at radius 1 is 1.40 bits per heavy atom. The number of anilines is 2. The molecular weight excluding hydrogens is 250 g/mol. The smallest absolute Gasteiger partial charge is 0.126 e. The van der Waals surface area contributed by atoms with E-state index >= 15 is 0 Å². The quantitative estimate of drug-likeness (QED) is 0.894. The van der Waals surface area contributed by atoms with Gasteiger partial charge in [0.25, 0.3) is 0 Å². The molecule has 0 aliphatic carbocycles. The summed E-state index contributed by atoms with van der Waals surface area (Å²) < 4.78 is 0. The van der Waals surface area contributed by atoms with Crippen molar-refractivity contribution in [3.8, 4) is 0 Å². The van der Waals surface area contributed by atoms with Gasteiger partial charge < -0.3 is 15.7 Å². The number of nitrogens with zero attached hydrogens (tertiary/aromatic N) is 2. The topological polar surface area (TPSA) is 62.4 Å². The van der Waals surface area contributed by atoms with Crippen molar-refractivity contribution in [2.75, 3.05) is 24.2 Å². The molecule has 1 aliphatic rings. The number of pyridine rings is 1. The summed E-state index contributed by atoms with van der Waals surface area (Å²) in [5, 5.41) is 10.4. The summed E-state index contributed by atoms with van der Waals surface area (Å²) in [7, 11) is 2.10. The highest BCUT2D eigenvalue weighted by molar-refractivity contribution is 5.58. The van der Waals surface area contributed by atoms with Gasteiger partial charge in [0.2, 0.25) is 0 Å². The van der Waals surface area contributed by atoms with Gasteiger partial charge in [-0.2, -0.15) is 0 Å². The summed E-state index contributed by atoms with van der Waals surface area (Å²) >= 11 is 0. The van der Waals surface area contributed by atoms with Crippen LogP contribution in [0.1, 0.15) is 22.8 Å². The van der Waals surface area contributed by atoms with Crippen LogP contribution < -0.4 is 10.6 Å². The van der Waals surface area contributed by atoms with E-state index in [2.05, 4.69) is 29.1 Å². The van der Waals surface area contributed by atoms with Crippen LogP contribution in [-0.2, 0) is 12.8 Å². The molecule has 0 fully saturated rings. The molecule has 0 bridgehead atoms. The van der Waals surface area contributed by atoms with Crippen LogP contribution in [0.15, 0.2) is 36.5 Å². The van der Waals surface area contributed by atoms with E-state index in [-0.39, 0.29) is 0 Å². The van der Waals surface area contributed by atoms with Crippen LogP contribution in [0.25, 0.3) is 0 Å². The van der Waals surface area contributed by atoms with Gasteiger partial charge in [0.15, 0.2) is 0 Å². The number of hydrogen-bond donors (Lipinski definition) is 2. The SMILES string of the molecule is CN1CCc2cc(C(O)Cc3cccnc3N)ccc21. The lowest BCUT2D eigenvalue weighted by Gasteiger charge is -2.15. The Bertz CT molecular complexity index is 627. The molecule has 1 aromatic heterocycles. The number of aliphatic hydroxyl groups excluding tert-OH is 1. The number of hydrogen-bond acceptors (Lipinski definition) is 4. The van der Waals surface area contributed by atoms with E-state index in [4.69, 9.17) is 5.73 Å². The van der Waals surface area contributed by atoms with Gasteiger partial charge in [0.1, 0.15) is 5.82 Å². The molecule has 3 rings (SSSR count). The van der Waals surface area contributed by atoms with Crippen molar-refractivity contribution >= 4 is 11.5 Å². The summed E-state index contributed by atoms with van der Waals surface area (Å²) in [6.45, 7) is 1.05. The molecule has 1 aliphatic heterocycles. The second-order valence-electron chi connectivity index (χ2n) is 5.33. The standard InChI is InChI=1S/C16H19N3O/c1-19-8-6-11-9-12(4-5-14(11)19)15(20)10-13-3-2-7-18-16(13)17/h2-5,7,9,15,20H,6,8,10H2,1H3,(H2,17,18). The Kier molecular flexibility index (Phi) is 3.32. The van der Waals surface area contributed by atoms with Crippen LogP contribution in [0, 0.1) is 0 Å². The van der Waals surface area contributed by atoms with E-state index < -0.39 is 6.10 Å². The number of nitrogen functional groups attached to an aromatic ring is 1. The summed E-state index contributed by atoms with van der Waals surface area (Å²) in [6, 6.07) is 9.95. The molecule has 1 atom stereocenters. The molecule has 1 unspecified atom stereocenters. The maximum Gasteiger partial charge on any atom is 0.126 e. The maximum absolute atomic E-state index is 10.4. The molecule has 4 heteroatoms. The molecule has 0 saturated carbocycles.